The van der Waals surface area contributed by atoms with Gasteiger partial charge in [-0.3, -0.25) is 72.1 Å². The fourth-order valence-corrected chi connectivity index (χ4v) is 7.82. The Morgan fingerprint density at radius 1 is 0.649 bits per heavy atom. The molecule has 0 saturated carbocycles. The Hall–Kier alpha value is -7.72. The molecule has 410 valence electrons. The van der Waals surface area contributed by atoms with Gasteiger partial charge in [-0.15, -0.1) is 0 Å². The first-order valence-electron chi connectivity index (χ1n) is 23.1. The summed E-state index contributed by atoms with van der Waals surface area (Å²) in [5, 5.41) is 16.6. The molecule has 0 aromatic heterocycles. The maximum atomic E-state index is 14.3. The van der Waals surface area contributed by atoms with Crippen molar-refractivity contribution in [3.8, 4) is 5.75 Å². The number of carbonyl (C=O) groups is 13. The molecule has 13 amide bonds. The van der Waals surface area contributed by atoms with Gasteiger partial charge >= 0.3 is 7.82 Å². The minimum atomic E-state index is -4.96. The van der Waals surface area contributed by atoms with Crippen LogP contribution in [-0.2, 0) is 73.3 Å². The number of benzene rings is 1. The van der Waals surface area contributed by atoms with Gasteiger partial charge in [0.05, 0.1) is 13.0 Å². The van der Waals surface area contributed by atoms with E-state index in [1.54, 1.807) is 13.8 Å². The van der Waals surface area contributed by atoms with Crippen LogP contribution in [0, 0.1) is 5.92 Å². The van der Waals surface area contributed by atoms with Crippen LogP contribution in [0.5, 0.6) is 5.75 Å². The lowest BCUT2D eigenvalue weighted by Crippen LogP contribution is -2.59. The van der Waals surface area contributed by atoms with Crippen LogP contribution in [0.25, 0.3) is 0 Å². The number of likely N-dealkylation sites (tertiary alicyclic amines) is 1. The monoisotopic (exact) mass is 1070 g/mol. The number of nitrogens with zero attached hydrogens (tertiary/aromatic N) is 1. The predicted molar refractivity (Wildman–Crippen MR) is 256 cm³/mol. The van der Waals surface area contributed by atoms with Crippen molar-refractivity contribution in [2.24, 2.45) is 34.6 Å². The summed E-state index contributed by atoms with van der Waals surface area (Å²) in [6.07, 6.45) is -3.17. The lowest BCUT2D eigenvalue weighted by atomic mass is 10.0. The predicted octanol–water partition coefficient (Wildman–Crippen LogP) is -6.06. The first kappa shape index (κ1) is 62.4. The van der Waals surface area contributed by atoms with Gasteiger partial charge in [0.15, 0.2) is 0 Å². The second kappa shape index (κ2) is 29.7. The molecule has 1 saturated heterocycles. The Morgan fingerprint density at radius 3 is 1.61 bits per heavy atom. The minimum Gasteiger partial charge on any atom is -0.404 e. The van der Waals surface area contributed by atoms with Crippen molar-refractivity contribution in [2.75, 3.05) is 13.1 Å². The van der Waals surface area contributed by atoms with E-state index in [1.165, 1.54) is 12.1 Å². The highest BCUT2D eigenvalue weighted by molar-refractivity contribution is 7.46. The van der Waals surface area contributed by atoms with E-state index in [2.05, 4.69) is 41.7 Å². The first-order chi connectivity index (χ1) is 34.5. The molecule has 1 aliphatic rings. The molecule has 19 N–H and O–H groups in total. The zero-order valence-corrected chi connectivity index (χ0v) is 41.8. The van der Waals surface area contributed by atoms with Gasteiger partial charge in [-0.1, -0.05) is 26.0 Å². The van der Waals surface area contributed by atoms with E-state index in [1.807, 2.05) is 0 Å². The minimum absolute atomic E-state index is 0.0344. The van der Waals surface area contributed by atoms with E-state index in [9.17, 15) is 76.7 Å². The SMILES string of the molecule is CC(=O)N[C@@H](CCC(N)=O)C(=O)N[C@@H](Cc1ccc(OP(=O)(O)O)cc1)C(=O)N[C@@H](CCC(N)=O)C(=O)N1CCC[C@H]1C(=O)NCC(=O)N[C@@H](CCC(N)=O)C(=O)N[C@@H](CC(N)=O)C(=O)N[C@@H](CC(C)C)C(N)=O. The lowest BCUT2D eigenvalue weighted by Gasteiger charge is -2.30. The molecule has 2 rings (SSSR count). The molecule has 0 spiro atoms. The molecule has 1 aliphatic heterocycles. The Bertz CT molecular complexity index is 2310. The lowest BCUT2D eigenvalue weighted by molar-refractivity contribution is -0.142. The normalized spacial score (nSPS) is 15.6. The van der Waals surface area contributed by atoms with E-state index in [-0.39, 0.29) is 62.3 Å². The molecular weight excluding hydrogens is 1000 g/mol. The number of rotatable bonds is 32. The highest BCUT2D eigenvalue weighted by atomic mass is 31.2. The van der Waals surface area contributed by atoms with Gasteiger partial charge in [-0.05, 0) is 62.1 Å². The quantitative estimate of drug-likeness (QED) is 0.0299. The van der Waals surface area contributed by atoms with E-state index in [0.717, 1.165) is 24.0 Å². The first-order valence-corrected chi connectivity index (χ1v) is 24.6. The number of carbonyl (C=O) groups excluding carboxylic acids is 13. The largest absolute Gasteiger partial charge is 0.524 e. The van der Waals surface area contributed by atoms with Gasteiger partial charge in [0, 0.05) is 39.2 Å². The smallest absolute Gasteiger partial charge is 0.404 e. The zero-order chi connectivity index (χ0) is 56.0. The number of phosphoric acid groups is 1. The number of nitrogens with one attached hydrogen (secondary N) is 7. The molecular formula is C43H66N13O17P. The van der Waals surface area contributed by atoms with Crippen LogP contribution in [0.4, 0.5) is 0 Å². The van der Waals surface area contributed by atoms with Crippen molar-refractivity contribution in [1.82, 2.24) is 42.1 Å². The van der Waals surface area contributed by atoms with Gasteiger partial charge < -0.3 is 75.3 Å². The maximum Gasteiger partial charge on any atom is 0.524 e. The molecule has 1 heterocycles. The average Bonchev–Trinajstić information content (AvgIpc) is 3.78. The Labute approximate surface area is 424 Å². The van der Waals surface area contributed by atoms with Gasteiger partial charge in [0.25, 0.3) is 0 Å². The van der Waals surface area contributed by atoms with Crippen LogP contribution in [0.1, 0.15) is 90.5 Å². The molecule has 74 heavy (non-hydrogen) atoms. The summed E-state index contributed by atoms with van der Waals surface area (Å²) in [6, 6.07) is -5.39. The topological polar surface area (TPSA) is 506 Å². The van der Waals surface area contributed by atoms with Crippen LogP contribution >= 0.6 is 7.82 Å². The molecule has 0 aliphatic carbocycles. The Balaban J connectivity index is 2.35. The van der Waals surface area contributed by atoms with E-state index in [0.29, 0.717) is 0 Å². The number of phosphoric ester groups is 1. The maximum absolute atomic E-state index is 14.3. The fraction of sp³-hybridized carbons (Fsp3) is 0.558. The summed E-state index contributed by atoms with van der Waals surface area (Å²) in [7, 11) is -4.96. The standard InChI is InChI=1S/C43H66N13O17P/c1-21(2)17-28(37(48)63)53-41(67)30(19-35(47)61)55-39(65)26(11-14-33(45)59)51-36(62)20-49-42(68)31-5-4-16-56(31)43(69)27(12-15-34(46)60)52-40(66)29(18-23-6-8-24(9-7-23)73-74(70,71)72)54-38(64)25(50-22(3)57)10-13-32(44)58/h6-9,21,25-31H,4-5,10-20H2,1-3H3,(H2,44,58)(H2,45,59)(H2,46,60)(H2,47,61)(H2,48,63)(H,49,68)(H,50,57)(H,51,62)(H,52,66)(H,53,67)(H,54,64)(H,55,65)(H2,70,71,72)/t25-,26-,27-,28-,29-,30-,31-/m0/s1. The number of hydrogen-bond donors (Lipinski definition) is 14. The summed E-state index contributed by atoms with van der Waals surface area (Å²) < 4.78 is 15.9. The van der Waals surface area contributed by atoms with Crippen LogP contribution in [0.2, 0.25) is 0 Å². The second-order valence-electron chi connectivity index (χ2n) is 17.7. The van der Waals surface area contributed by atoms with Crippen LogP contribution in [0.15, 0.2) is 24.3 Å². The average molecular weight is 1070 g/mol. The van der Waals surface area contributed by atoms with Crippen LogP contribution in [0.3, 0.4) is 0 Å². The van der Waals surface area contributed by atoms with Gasteiger partial charge in [0.2, 0.25) is 76.8 Å². The summed E-state index contributed by atoms with van der Waals surface area (Å²) >= 11 is 0. The van der Waals surface area contributed by atoms with E-state index >= 15 is 0 Å². The number of hydrogen-bond acceptors (Lipinski definition) is 15. The molecule has 31 heteroatoms. The van der Waals surface area contributed by atoms with Crippen LogP contribution in [-0.4, -0.2) is 147 Å². The summed E-state index contributed by atoms with van der Waals surface area (Å²) in [5.41, 5.74) is 26.9. The third-order valence-electron chi connectivity index (χ3n) is 10.9. The van der Waals surface area contributed by atoms with Crippen molar-refractivity contribution in [2.45, 2.75) is 134 Å². The molecule has 1 aromatic rings. The number of amides is 13. The number of nitrogens with two attached hydrogens (primary N) is 5. The van der Waals surface area contributed by atoms with Gasteiger partial charge in [-0.25, -0.2) is 4.57 Å². The number of primary amides is 5. The fourth-order valence-electron chi connectivity index (χ4n) is 7.42. The van der Waals surface area contributed by atoms with Crippen molar-refractivity contribution < 1.29 is 81.2 Å². The van der Waals surface area contributed by atoms with Crippen molar-refractivity contribution in [1.29, 1.82) is 0 Å². The summed E-state index contributed by atoms with van der Waals surface area (Å²) in [5.74, 6) is -12.5. The van der Waals surface area contributed by atoms with E-state index < -0.39 is 166 Å². The second-order valence-corrected chi connectivity index (χ2v) is 18.8. The zero-order valence-electron chi connectivity index (χ0n) is 40.9. The summed E-state index contributed by atoms with van der Waals surface area (Å²) in [4.78, 5) is 186. The van der Waals surface area contributed by atoms with Gasteiger partial charge in [-0.2, -0.15) is 0 Å². The molecule has 1 aromatic carbocycles. The van der Waals surface area contributed by atoms with Crippen molar-refractivity contribution >= 4 is 84.6 Å². The highest BCUT2D eigenvalue weighted by Gasteiger charge is 2.39. The highest BCUT2D eigenvalue weighted by Crippen LogP contribution is 2.37. The Morgan fingerprint density at radius 2 is 1.12 bits per heavy atom. The molecule has 0 unspecified atom stereocenters. The Kier molecular flexibility index (Phi) is 25.1. The van der Waals surface area contributed by atoms with E-state index in [4.69, 9.17) is 28.7 Å². The third-order valence-corrected chi connectivity index (χ3v) is 11.3. The van der Waals surface area contributed by atoms with Gasteiger partial charge in [0.1, 0.15) is 48.0 Å². The van der Waals surface area contributed by atoms with Crippen molar-refractivity contribution in [3.05, 3.63) is 29.8 Å². The molecule has 7 atom stereocenters. The molecule has 30 nitrogen and oxygen atoms in total. The van der Waals surface area contributed by atoms with Crippen molar-refractivity contribution in [3.63, 3.8) is 0 Å². The molecule has 0 bridgehead atoms. The molecule has 1 fully saturated rings. The molecule has 0 radical (unpaired) electrons. The third kappa shape index (κ3) is 23.2. The van der Waals surface area contributed by atoms with Crippen LogP contribution < -0.4 is 70.4 Å². The summed E-state index contributed by atoms with van der Waals surface area (Å²) in [6.45, 7) is 3.69.